The second-order valence-electron chi connectivity index (χ2n) is 4.39. The van der Waals surface area contributed by atoms with E-state index in [9.17, 15) is 0 Å². The molecule has 0 atom stereocenters. The van der Waals surface area contributed by atoms with Crippen molar-refractivity contribution in [2.45, 2.75) is 19.9 Å². The molecule has 3 rings (SSSR count). The summed E-state index contributed by atoms with van der Waals surface area (Å²) in [5.74, 6) is 3.21. The molecule has 1 N–H and O–H groups in total. The number of fused-ring (bicyclic) bond motifs is 1. The van der Waals surface area contributed by atoms with E-state index >= 15 is 0 Å². The number of nitrogens with zero attached hydrogens (tertiary/aromatic N) is 2. The van der Waals surface area contributed by atoms with Crippen LogP contribution in [-0.2, 0) is 13.0 Å². The molecule has 0 radical (unpaired) electrons. The molecule has 0 spiro atoms. The number of anilines is 1. The first kappa shape index (κ1) is 13.2. The van der Waals surface area contributed by atoms with Crippen molar-refractivity contribution in [3.8, 4) is 11.5 Å². The monoisotopic (exact) mass is 335 g/mol. The summed E-state index contributed by atoms with van der Waals surface area (Å²) in [7, 11) is 0. The minimum atomic E-state index is 0.297. The van der Waals surface area contributed by atoms with Crippen molar-refractivity contribution in [2.75, 3.05) is 12.1 Å². The smallest absolute Gasteiger partial charge is 0.231 e. The van der Waals surface area contributed by atoms with Gasteiger partial charge >= 0.3 is 0 Å². The molecule has 0 aliphatic carbocycles. The maximum Gasteiger partial charge on any atom is 0.231 e. The molecule has 2 heterocycles. The van der Waals surface area contributed by atoms with E-state index in [0.717, 1.165) is 39.7 Å². The van der Waals surface area contributed by atoms with Gasteiger partial charge in [-0.3, -0.25) is 0 Å². The zero-order valence-corrected chi connectivity index (χ0v) is 12.6. The summed E-state index contributed by atoms with van der Waals surface area (Å²) in [4.78, 5) is 8.72. The SMILES string of the molecule is CCc1nc(Br)cc(NCc2ccc3c(c2)OCO3)n1. The lowest BCUT2D eigenvalue weighted by molar-refractivity contribution is 0.174. The highest BCUT2D eigenvalue weighted by molar-refractivity contribution is 9.10. The van der Waals surface area contributed by atoms with E-state index in [1.807, 2.05) is 31.2 Å². The Kier molecular flexibility index (Phi) is 3.73. The van der Waals surface area contributed by atoms with E-state index in [4.69, 9.17) is 9.47 Å². The van der Waals surface area contributed by atoms with Crippen molar-refractivity contribution in [2.24, 2.45) is 0 Å². The third-order valence-electron chi connectivity index (χ3n) is 2.97. The third-order valence-corrected chi connectivity index (χ3v) is 3.37. The summed E-state index contributed by atoms with van der Waals surface area (Å²) in [6, 6.07) is 7.78. The first-order valence-corrected chi connectivity index (χ1v) is 7.20. The van der Waals surface area contributed by atoms with Crippen LogP contribution in [0, 0.1) is 0 Å². The van der Waals surface area contributed by atoms with Crippen LogP contribution in [0.15, 0.2) is 28.9 Å². The van der Waals surface area contributed by atoms with E-state index in [1.54, 1.807) is 0 Å². The lowest BCUT2D eigenvalue weighted by Gasteiger charge is -2.08. The number of nitrogens with one attached hydrogen (secondary N) is 1. The number of rotatable bonds is 4. The lowest BCUT2D eigenvalue weighted by Crippen LogP contribution is -2.04. The molecule has 1 aromatic heterocycles. The second kappa shape index (κ2) is 5.66. The summed E-state index contributed by atoms with van der Waals surface area (Å²) in [5.41, 5.74) is 1.11. The van der Waals surface area contributed by atoms with Gasteiger partial charge in [0.2, 0.25) is 6.79 Å². The van der Waals surface area contributed by atoms with E-state index < -0.39 is 0 Å². The van der Waals surface area contributed by atoms with Crippen molar-refractivity contribution in [3.63, 3.8) is 0 Å². The number of hydrogen-bond donors (Lipinski definition) is 1. The number of benzene rings is 1. The van der Waals surface area contributed by atoms with Gasteiger partial charge in [-0.15, -0.1) is 0 Å². The van der Waals surface area contributed by atoms with Gasteiger partial charge < -0.3 is 14.8 Å². The van der Waals surface area contributed by atoms with Gasteiger partial charge in [0.15, 0.2) is 11.5 Å². The van der Waals surface area contributed by atoms with Crippen LogP contribution < -0.4 is 14.8 Å². The van der Waals surface area contributed by atoms with Crippen LogP contribution in [0.1, 0.15) is 18.3 Å². The molecular formula is C14H14BrN3O2. The highest BCUT2D eigenvalue weighted by Gasteiger charge is 2.13. The maximum atomic E-state index is 5.36. The fourth-order valence-corrected chi connectivity index (χ4v) is 2.38. The Labute approximate surface area is 125 Å². The fraction of sp³-hybridized carbons (Fsp3) is 0.286. The van der Waals surface area contributed by atoms with Crippen LogP contribution in [0.2, 0.25) is 0 Å². The largest absolute Gasteiger partial charge is 0.454 e. The quantitative estimate of drug-likeness (QED) is 0.870. The van der Waals surface area contributed by atoms with Crippen molar-refractivity contribution in [1.29, 1.82) is 0 Å². The Hall–Kier alpha value is -1.82. The molecule has 0 saturated carbocycles. The molecule has 5 nitrogen and oxygen atoms in total. The van der Waals surface area contributed by atoms with Crippen LogP contribution in [0.25, 0.3) is 0 Å². The zero-order chi connectivity index (χ0) is 13.9. The highest BCUT2D eigenvalue weighted by atomic mass is 79.9. The Bertz CT molecular complexity index is 634. The first-order valence-electron chi connectivity index (χ1n) is 6.40. The van der Waals surface area contributed by atoms with Gasteiger partial charge in [-0.2, -0.15) is 0 Å². The molecule has 0 saturated heterocycles. The predicted molar refractivity (Wildman–Crippen MR) is 79.0 cm³/mol. The molecule has 0 fully saturated rings. The lowest BCUT2D eigenvalue weighted by atomic mass is 10.2. The second-order valence-corrected chi connectivity index (χ2v) is 5.20. The molecule has 1 aliphatic rings. The van der Waals surface area contributed by atoms with Gasteiger partial charge in [0.1, 0.15) is 16.2 Å². The Morgan fingerprint density at radius 2 is 2.05 bits per heavy atom. The van der Waals surface area contributed by atoms with Gasteiger partial charge in [0.25, 0.3) is 0 Å². The summed E-state index contributed by atoms with van der Waals surface area (Å²) >= 11 is 3.39. The normalized spacial score (nSPS) is 12.5. The Morgan fingerprint density at radius 3 is 2.90 bits per heavy atom. The molecule has 1 aliphatic heterocycles. The highest BCUT2D eigenvalue weighted by Crippen LogP contribution is 2.32. The van der Waals surface area contributed by atoms with Crippen molar-refractivity contribution >= 4 is 21.7 Å². The molecule has 0 amide bonds. The van der Waals surface area contributed by atoms with Gasteiger partial charge in [-0.1, -0.05) is 13.0 Å². The van der Waals surface area contributed by atoms with Gasteiger partial charge in [-0.25, -0.2) is 9.97 Å². The molecule has 20 heavy (non-hydrogen) atoms. The minimum Gasteiger partial charge on any atom is -0.454 e. The van der Waals surface area contributed by atoms with E-state index in [2.05, 4.69) is 31.2 Å². The topological polar surface area (TPSA) is 56.3 Å². The van der Waals surface area contributed by atoms with E-state index in [0.29, 0.717) is 13.3 Å². The van der Waals surface area contributed by atoms with Gasteiger partial charge in [0.05, 0.1) is 0 Å². The molecule has 104 valence electrons. The molecule has 2 aromatic rings. The van der Waals surface area contributed by atoms with Crippen LogP contribution >= 0.6 is 15.9 Å². The van der Waals surface area contributed by atoms with E-state index in [-0.39, 0.29) is 0 Å². The van der Waals surface area contributed by atoms with Gasteiger partial charge in [0, 0.05) is 19.0 Å². The summed E-state index contributed by atoms with van der Waals surface area (Å²) in [6.45, 7) is 3.00. The molecular weight excluding hydrogens is 322 g/mol. The number of aromatic nitrogens is 2. The third kappa shape index (κ3) is 2.85. The Morgan fingerprint density at radius 1 is 1.20 bits per heavy atom. The molecule has 6 heteroatoms. The number of ether oxygens (including phenoxy) is 2. The molecule has 0 unspecified atom stereocenters. The Balaban J connectivity index is 1.71. The van der Waals surface area contributed by atoms with Crippen LogP contribution in [0.3, 0.4) is 0 Å². The minimum absolute atomic E-state index is 0.297. The number of hydrogen-bond acceptors (Lipinski definition) is 5. The number of aryl methyl sites for hydroxylation is 1. The molecule has 1 aromatic carbocycles. The molecule has 0 bridgehead atoms. The average Bonchev–Trinajstić information content (AvgIpc) is 2.92. The number of halogens is 1. The average molecular weight is 336 g/mol. The summed E-state index contributed by atoms with van der Waals surface area (Å²) in [6.07, 6.45) is 0.804. The maximum absolute atomic E-state index is 5.36. The van der Waals surface area contributed by atoms with Crippen LogP contribution in [0.4, 0.5) is 5.82 Å². The van der Waals surface area contributed by atoms with Crippen LogP contribution in [0.5, 0.6) is 11.5 Å². The predicted octanol–water partition coefficient (Wildman–Crippen LogP) is 3.14. The zero-order valence-electron chi connectivity index (χ0n) is 11.0. The van der Waals surface area contributed by atoms with Crippen molar-refractivity contribution in [3.05, 3.63) is 40.3 Å². The summed E-state index contributed by atoms with van der Waals surface area (Å²) < 4.78 is 11.4. The van der Waals surface area contributed by atoms with E-state index in [1.165, 1.54) is 0 Å². The fourth-order valence-electron chi connectivity index (χ4n) is 1.96. The van der Waals surface area contributed by atoms with Crippen molar-refractivity contribution < 1.29 is 9.47 Å². The standard InChI is InChI=1S/C14H14BrN3O2/c1-2-13-17-12(15)6-14(18-13)16-7-9-3-4-10-11(5-9)20-8-19-10/h3-6H,2,7-8H2,1H3,(H,16,17,18). The first-order chi connectivity index (χ1) is 9.74. The summed E-state index contributed by atoms with van der Waals surface area (Å²) in [5, 5.41) is 3.29. The van der Waals surface area contributed by atoms with Gasteiger partial charge in [-0.05, 0) is 33.6 Å². The van der Waals surface area contributed by atoms with Crippen LogP contribution in [-0.4, -0.2) is 16.8 Å². The van der Waals surface area contributed by atoms with Crippen molar-refractivity contribution in [1.82, 2.24) is 9.97 Å².